The Morgan fingerprint density at radius 1 is 1.00 bits per heavy atom. The van der Waals surface area contributed by atoms with Crippen LogP contribution in [0.15, 0.2) is 11.1 Å². The average Bonchev–Trinajstić information content (AvgIpc) is 2.83. The number of hydrogen-bond acceptors (Lipinski definition) is 2. The van der Waals surface area contributed by atoms with Gasteiger partial charge in [0.2, 0.25) is 0 Å². The van der Waals surface area contributed by atoms with Crippen molar-refractivity contribution in [2.45, 2.75) is 85.2 Å². The Kier molecular flexibility index (Phi) is 3.81. The molecule has 3 fully saturated rings. The minimum Gasteiger partial charge on any atom is -0.393 e. The summed E-state index contributed by atoms with van der Waals surface area (Å²) in [6, 6.07) is 0. The van der Waals surface area contributed by atoms with Gasteiger partial charge in [-0.1, -0.05) is 33.3 Å². The van der Waals surface area contributed by atoms with Gasteiger partial charge in [-0.25, -0.2) is 0 Å². The molecule has 0 bridgehead atoms. The summed E-state index contributed by atoms with van der Waals surface area (Å²) in [5.41, 5.74) is 3.11. The van der Waals surface area contributed by atoms with Crippen molar-refractivity contribution in [2.24, 2.45) is 34.5 Å². The van der Waals surface area contributed by atoms with Crippen LogP contribution in [0.4, 0.5) is 0 Å². The highest BCUT2D eigenvalue weighted by Crippen LogP contribution is 2.65. The van der Waals surface area contributed by atoms with Gasteiger partial charge >= 0.3 is 0 Å². The summed E-state index contributed by atoms with van der Waals surface area (Å²) in [5.74, 6) is 2.98. The number of fused-ring (bicyclic) bond motifs is 5. The molecule has 4 aliphatic rings. The maximum absolute atomic E-state index is 12.6. The third-order valence-corrected chi connectivity index (χ3v) is 8.70. The van der Waals surface area contributed by atoms with Crippen LogP contribution in [-0.2, 0) is 4.79 Å². The zero-order chi connectivity index (χ0) is 17.3. The minimum atomic E-state index is -0.0904. The quantitative estimate of drug-likeness (QED) is 0.742. The van der Waals surface area contributed by atoms with E-state index in [9.17, 15) is 9.90 Å². The van der Waals surface area contributed by atoms with Crippen LogP contribution < -0.4 is 0 Å². The zero-order valence-corrected chi connectivity index (χ0v) is 15.9. The molecule has 0 spiro atoms. The van der Waals surface area contributed by atoms with Crippen LogP contribution in [0.3, 0.4) is 0 Å². The predicted octanol–water partition coefficient (Wildman–Crippen LogP) is 4.91. The average molecular weight is 331 g/mol. The number of allylic oxidation sites excluding steroid dienone is 1. The second kappa shape index (κ2) is 5.43. The highest BCUT2D eigenvalue weighted by molar-refractivity contribution is 5.97. The second-order valence-corrected chi connectivity index (χ2v) is 9.94. The summed E-state index contributed by atoms with van der Waals surface area (Å²) in [7, 11) is 0. The third-order valence-electron chi connectivity index (χ3n) is 8.70. The van der Waals surface area contributed by atoms with Gasteiger partial charge in [0.1, 0.15) is 0 Å². The number of carbonyl (C=O) groups excluding carboxylic acids is 1. The van der Waals surface area contributed by atoms with E-state index in [1.165, 1.54) is 36.8 Å². The first-order valence-corrected chi connectivity index (χ1v) is 10.2. The van der Waals surface area contributed by atoms with E-state index in [-0.39, 0.29) is 16.9 Å². The molecule has 0 amide bonds. The highest BCUT2D eigenvalue weighted by atomic mass is 16.3. The maximum Gasteiger partial charge on any atom is 0.159 e. The first-order valence-electron chi connectivity index (χ1n) is 10.2. The Labute approximate surface area is 147 Å². The fraction of sp³-hybridized carbons (Fsp3) is 0.864. The normalized spacial score (nSPS) is 48.3. The molecule has 0 heterocycles. The summed E-state index contributed by atoms with van der Waals surface area (Å²) in [4.78, 5) is 12.6. The molecule has 2 heteroatoms. The molecule has 1 N–H and O–H groups in total. The Morgan fingerprint density at radius 3 is 2.46 bits per heavy atom. The van der Waals surface area contributed by atoms with Crippen LogP contribution in [-0.4, -0.2) is 17.0 Å². The number of Topliss-reactive ketones (excluding diaryl/α,β-unsaturated/α-hetero) is 1. The zero-order valence-electron chi connectivity index (χ0n) is 15.9. The number of carbonyl (C=O) groups is 1. The molecule has 6 atom stereocenters. The molecule has 1 unspecified atom stereocenters. The maximum atomic E-state index is 12.6. The fourth-order valence-corrected chi connectivity index (χ4v) is 7.40. The Balaban J connectivity index is 1.73. The molecule has 0 saturated heterocycles. The lowest BCUT2D eigenvalue weighted by atomic mass is 9.46. The van der Waals surface area contributed by atoms with Crippen LogP contribution in [0.25, 0.3) is 0 Å². The molecule has 0 aromatic carbocycles. The molecule has 3 saturated carbocycles. The van der Waals surface area contributed by atoms with E-state index < -0.39 is 0 Å². The van der Waals surface area contributed by atoms with Gasteiger partial charge in [-0.15, -0.1) is 0 Å². The van der Waals surface area contributed by atoms with E-state index in [0.29, 0.717) is 17.6 Å². The smallest absolute Gasteiger partial charge is 0.159 e. The van der Waals surface area contributed by atoms with Crippen molar-refractivity contribution in [3.8, 4) is 0 Å². The lowest BCUT2D eigenvalue weighted by Gasteiger charge is -2.58. The third kappa shape index (κ3) is 2.08. The van der Waals surface area contributed by atoms with Crippen molar-refractivity contribution in [1.29, 1.82) is 0 Å². The van der Waals surface area contributed by atoms with Gasteiger partial charge in [-0.05, 0) is 85.0 Å². The van der Waals surface area contributed by atoms with Crippen molar-refractivity contribution in [1.82, 2.24) is 0 Å². The summed E-state index contributed by atoms with van der Waals surface area (Å²) in [5, 5.41) is 10.6. The van der Waals surface area contributed by atoms with E-state index >= 15 is 0 Å². The number of aliphatic hydroxyl groups is 1. The summed E-state index contributed by atoms with van der Waals surface area (Å²) >= 11 is 0. The van der Waals surface area contributed by atoms with Crippen LogP contribution in [0.5, 0.6) is 0 Å². The van der Waals surface area contributed by atoms with Gasteiger partial charge in [-0.3, -0.25) is 4.79 Å². The summed E-state index contributed by atoms with van der Waals surface area (Å²) in [6.07, 6.45) is 8.72. The molecular formula is C22H34O2. The van der Waals surface area contributed by atoms with Crippen molar-refractivity contribution < 1.29 is 9.90 Å². The van der Waals surface area contributed by atoms with Gasteiger partial charge < -0.3 is 5.11 Å². The van der Waals surface area contributed by atoms with Gasteiger partial charge in [0.15, 0.2) is 5.78 Å². The highest BCUT2D eigenvalue weighted by Gasteiger charge is 2.59. The first kappa shape index (κ1) is 16.8. The topological polar surface area (TPSA) is 37.3 Å². The number of rotatable bonds is 1. The first-order chi connectivity index (χ1) is 11.3. The van der Waals surface area contributed by atoms with E-state index in [1.54, 1.807) is 0 Å². The van der Waals surface area contributed by atoms with Crippen LogP contribution in [0, 0.1) is 34.5 Å². The molecule has 134 valence electrons. The van der Waals surface area contributed by atoms with Gasteiger partial charge in [0.25, 0.3) is 0 Å². The lowest BCUT2D eigenvalue weighted by molar-refractivity contribution is -0.119. The van der Waals surface area contributed by atoms with Crippen LogP contribution >= 0.6 is 0 Å². The molecule has 0 aromatic heterocycles. The number of ketones is 1. The van der Waals surface area contributed by atoms with Gasteiger partial charge in [0.05, 0.1) is 6.10 Å². The van der Waals surface area contributed by atoms with Crippen molar-refractivity contribution >= 4 is 5.78 Å². The van der Waals surface area contributed by atoms with Gasteiger partial charge in [-0.2, -0.15) is 0 Å². The molecule has 4 aliphatic carbocycles. The van der Waals surface area contributed by atoms with Crippen molar-refractivity contribution in [3.05, 3.63) is 11.1 Å². The Hall–Kier alpha value is -0.630. The number of aliphatic hydroxyl groups excluding tert-OH is 1. The second-order valence-electron chi connectivity index (χ2n) is 9.94. The summed E-state index contributed by atoms with van der Waals surface area (Å²) in [6.45, 7) is 9.22. The van der Waals surface area contributed by atoms with Crippen molar-refractivity contribution in [2.75, 3.05) is 0 Å². The Morgan fingerprint density at radius 2 is 1.75 bits per heavy atom. The predicted molar refractivity (Wildman–Crippen MR) is 96.5 cm³/mol. The molecule has 24 heavy (non-hydrogen) atoms. The molecule has 2 nitrogen and oxygen atoms in total. The number of hydrogen-bond donors (Lipinski definition) is 1. The van der Waals surface area contributed by atoms with Gasteiger partial charge in [0, 0.05) is 6.42 Å². The standard InChI is InChI=1S/C22H34O2/c1-13(2)20-17-6-5-14-15-7-8-19(24)22(15,4)11-9-16(14)21(17,3)12-10-18(20)23/h13-16,19,24H,5-12H2,1-4H3/t14-,15-,16-,19?,21+,22-/m0/s1. The largest absolute Gasteiger partial charge is 0.393 e. The van der Waals surface area contributed by atoms with E-state index in [2.05, 4.69) is 27.7 Å². The fourth-order valence-electron chi connectivity index (χ4n) is 7.40. The Bertz CT molecular complexity index is 589. The minimum absolute atomic E-state index is 0.0904. The molecule has 0 aliphatic heterocycles. The van der Waals surface area contributed by atoms with Crippen LogP contribution in [0.1, 0.15) is 79.1 Å². The molecule has 0 aromatic rings. The molecule has 4 rings (SSSR count). The van der Waals surface area contributed by atoms with Crippen molar-refractivity contribution in [3.63, 3.8) is 0 Å². The monoisotopic (exact) mass is 330 g/mol. The molecule has 0 radical (unpaired) electrons. The van der Waals surface area contributed by atoms with Crippen LogP contribution in [0.2, 0.25) is 0 Å². The lowest BCUT2D eigenvalue weighted by Crippen LogP contribution is -2.51. The van der Waals surface area contributed by atoms with E-state index in [1.807, 2.05) is 0 Å². The SMILES string of the molecule is CC(C)C1=C2CC[C@@H]3[C@H](CC[C@]4(C)C(O)CC[C@@H]34)[C@@]2(C)CCC1=O. The summed E-state index contributed by atoms with van der Waals surface area (Å²) < 4.78 is 0. The molecular weight excluding hydrogens is 296 g/mol. The van der Waals surface area contributed by atoms with E-state index in [4.69, 9.17) is 0 Å². The van der Waals surface area contributed by atoms with E-state index in [0.717, 1.165) is 37.5 Å².